The van der Waals surface area contributed by atoms with Gasteiger partial charge < -0.3 is 5.11 Å². The number of hydrogen-bond acceptors (Lipinski definition) is 5. The minimum atomic E-state index is 0.283. The molecule has 1 heterocycles. The number of hydrogen-bond donors (Lipinski definition) is 2. The van der Waals surface area contributed by atoms with Crippen LogP contribution >= 0.6 is 11.3 Å². The highest BCUT2D eigenvalue weighted by molar-refractivity contribution is 7.13. The number of benzene rings is 1. The minimum Gasteiger partial charge on any atom is -0.507 e. The molecule has 5 heteroatoms. The van der Waals surface area contributed by atoms with Crippen LogP contribution in [0, 0.1) is 6.92 Å². The molecule has 1 aromatic heterocycles. The second-order valence-corrected chi connectivity index (χ2v) is 5.61. The van der Waals surface area contributed by atoms with E-state index in [1.54, 1.807) is 6.21 Å². The van der Waals surface area contributed by atoms with Crippen molar-refractivity contribution in [3.8, 4) is 5.75 Å². The Morgan fingerprint density at radius 3 is 2.95 bits per heavy atom. The van der Waals surface area contributed by atoms with Gasteiger partial charge in [-0.2, -0.15) is 5.10 Å². The molecule has 0 saturated heterocycles. The van der Waals surface area contributed by atoms with Gasteiger partial charge in [0.15, 0.2) is 0 Å². The van der Waals surface area contributed by atoms with Crippen LogP contribution < -0.4 is 5.43 Å². The molecule has 0 atom stereocenters. The summed E-state index contributed by atoms with van der Waals surface area (Å²) in [6, 6.07) is 5.81. The average Bonchev–Trinajstić information content (AvgIpc) is 3.15. The molecule has 4 nitrogen and oxygen atoms in total. The number of anilines is 1. The number of thiazole rings is 1. The van der Waals surface area contributed by atoms with Crippen LogP contribution in [0.25, 0.3) is 0 Å². The van der Waals surface area contributed by atoms with Crippen molar-refractivity contribution in [2.75, 3.05) is 5.43 Å². The van der Waals surface area contributed by atoms with E-state index in [4.69, 9.17) is 0 Å². The molecule has 19 heavy (non-hydrogen) atoms. The number of nitrogens with one attached hydrogen (secondary N) is 1. The molecule has 1 fully saturated rings. The number of phenols is 1. The van der Waals surface area contributed by atoms with Gasteiger partial charge in [-0.05, 0) is 43.4 Å². The lowest BCUT2D eigenvalue weighted by Gasteiger charge is -2.02. The largest absolute Gasteiger partial charge is 0.507 e. The number of aromatic nitrogens is 1. The van der Waals surface area contributed by atoms with E-state index < -0.39 is 0 Å². The van der Waals surface area contributed by atoms with Gasteiger partial charge in [0.1, 0.15) is 5.75 Å². The summed E-state index contributed by atoms with van der Waals surface area (Å²) in [5.41, 5.74) is 5.76. The van der Waals surface area contributed by atoms with Gasteiger partial charge in [0.2, 0.25) is 5.13 Å². The Morgan fingerprint density at radius 1 is 1.47 bits per heavy atom. The summed E-state index contributed by atoms with van der Waals surface area (Å²) in [6.45, 7) is 1.94. The Bertz CT molecular complexity index is 617. The standard InChI is InChI=1S/C14H15N3OS/c1-9-8-19-14(16-9)17-15-7-12-5-4-11(6-13(12)18)10-2-3-10/h4-8,10,18H,2-3H2,1H3,(H,16,17). The van der Waals surface area contributed by atoms with E-state index >= 15 is 0 Å². The van der Waals surface area contributed by atoms with E-state index in [2.05, 4.69) is 21.6 Å². The number of aryl methyl sites for hydroxylation is 1. The van der Waals surface area contributed by atoms with Crippen molar-refractivity contribution in [2.24, 2.45) is 5.10 Å². The summed E-state index contributed by atoms with van der Waals surface area (Å²) < 4.78 is 0. The number of nitrogens with zero attached hydrogens (tertiary/aromatic N) is 2. The van der Waals surface area contributed by atoms with Gasteiger partial charge in [-0.1, -0.05) is 6.07 Å². The van der Waals surface area contributed by atoms with Crippen LogP contribution in [0.2, 0.25) is 0 Å². The highest BCUT2D eigenvalue weighted by Crippen LogP contribution is 2.41. The van der Waals surface area contributed by atoms with Gasteiger partial charge in [0.05, 0.1) is 11.9 Å². The van der Waals surface area contributed by atoms with Crippen molar-refractivity contribution in [1.82, 2.24) is 4.98 Å². The van der Waals surface area contributed by atoms with Gasteiger partial charge in [-0.15, -0.1) is 11.3 Å². The molecule has 0 spiro atoms. The molecule has 0 amide bonds. The number of rotatable bonds is 4. The minimum absolute atomic E-state index is 0.283. The fourth-order valence-electron chi connectivity index (χ4n) is 1.90. The van der Waals surface area contributed by atoms with E-state index in [-0.39, 0.29) is 5.75 Å². The van der Waals surface area contributed by atoms with E-state index in [0.717, 1.165) is 10.8 Å². The fraction of sp³-hybridized carbons (Fsp3) is 0.286. The van der Waals surface area contributed by atoms with E-state index in [1.807, 2.05) is 24.4 Å². The molecular formula is C14H15N3OS. The summed E-state index contributed by atoms with van der Waals surface area (Å²) in [5.74, 6) is 0.929. The van der Waals surface area contributed by atoms with Crippen LogP contribution in [-0.4, -0.2) is 16.3 Å². The zero-order valence-electron chi connectivity index (χ0n) is 10.6. The number of hydrazone groups is 1. The first-order valence-corrected chi connectivity index (χ1v) is 7.14. The predicted octanol–water partition coefficient (Wildman–Crippen LogP) is 3.48. The summed E-state index contributed by atoms with van der Waals surface area (Å²) in [6.07, 6.45) is 4.08. The molecule has 0 radical (unpaired) electrons. The topological polar surface area (TPSA) is 57.5 Å². The molecule has 1 aliphatic rings. The van der Waals surface area contributed by atoms with Crippen LogP contribution in [0.3, 0.4) is 0 Å². The zero-order valence-corrected chi connectivity index (χ0v) is 11.4. The van der Waals surface area contributed by atoms with Crippen LogP contribution in [-0.2, 0) is 0 Å². The number of aromatic hydroxyl groups is 1. The lowest BCUT2D eigenvalue weighted by atomic mass is 10.1. The molecule has 1 saturated carbocycles. The predicted molar refractivity (Wildman–Crippen MR) is 78.1 cm³/mol. The van der Waals surface area contributed by atoms with Gasteiger partial charge in [-0.3, -0.25) is 5.43 Å². The van der Waals surface area contributed by atoms with Crippen molar-refractivity contribution in [3.05, 3.63) is 40.4 Å². The number of phenolic OH excluding ortho intramolecular Hbond substituents is 1. The van der Waals surface area contributed by atoms with E-state index in [0.29, 0.717) is 11.5 Å². The maximum atomic E-state index is 9.94. The summed E-state index contributed by atoms with van der Waals surface area (Å²) in [5, 5.41) is 16.7. The van der Waals surface area contributed by atoms with E-state index in [1.165, 1.54) is 29.7 Å². The molecule has 0 unspecified atom stereocenters. The molecule has 3 rings (SSSR count). The van der Waals surface area contributed by atoms with Crippen LogP contribution in [0.1, 0.15) is 35.6 Å². The third-order valence-corrected chi connectivity index (χ3v) is 3.95. The molecule has 98 valence electrons. The van der Waals surface area contributed by atoms with Gasteiger partial charge in [-0.25, -0.2) is 4.98 Å². The van der Waals surface area contributed by atoms with Crippen molar-refractivity contribution in [2.45, 2.75) is 25.7 Å². The molecule has 0 aliphatic heterocycles. The summed E-state index contributed by atoms with van der Waals surface area (Å²) in [4.78, 5) is 4.24. The highest BCUT2D eigenvalue weighted by atomic mass is 32.1. The quantitative estimate of drug-likeness (QED) is 0.662. The van der Waals surface area contributed by atoms with Crippen LogP contribution in [0.5, 0.6) is 5.75 Å². The second kappa shape index (κ2) is 5.01. The van der Waals surface area contributed by atoms with E-state index in [9.17, 15) is 5.11 Å². The first kappa shape index (κ1) is 12.2. The van der Waals surface area contributed by atoms with Gasteiger partial charge in [0, 0.05) is 10.9 Å². The third kappa shape index (κ3) is 2.93. The Kier molecular flexibility index (Phi) is 3.21. The molecule has 2 N–H and O–H groups in total. The van der Waals surface area contributed by atoms with Crippen LogP contribution in [0.15, 0.2) is 28.7 Å². The maximum Gasteiger partial charge on any atom is 0.203 e. The fourth-order valence-corrected chi connectivity index (χ4v) is 2.54. The second-order valence-electron chi connectivity index (χ2n) is 4.76. The van der Waals surface area contributed by atoms with Crippen molar-refractivity contribution >= 4 is 22.7 Å². The third-order valence-electron chi connectivity index (χ3n) is 3.09. The monoisotopic (exact) mass is 273 g/mol. The molecule has 1 aromatic carbocycles. The Labute approximate surface area is 115 Å². The first-order chi connectivity index (χ1) is 9.22. The summed E-state index contributed by atoms with van der Waals surface area (Å²) in [7, 11) is 0. The molecule has 2 aromatic rings. The lowest BCUT2D eigenvalue weighted by molar-refractivity contribution is 0.473. The lowest BCUT2D eigenvalue weighted by Crippen LogP contribution is -1.91. The van der Waals surface area contributed by atoms with Gasteiger partial charge >= 0.3 is 0 Å². The van der Waals surface area contributed by atoms with Crippen molar-refractivity contribution in [3.63, 3.8) is 0 Å². The first-order valence-electron chi connectivity index (χ1n) is 6.26. The molecule has 1 aliphatic carbocycles. The highest BCUT2D eigenvalue weighted by Gasteiger charge is 2.23. The zero-order chi connectivity index (χ0) is 13.2. The average molecular weight is 273 g/mol. The smallest absolute Gasteiger partial charge is 0.203 e. The summed E-state index contributed by atoms with van der Waals surface area (Å²) >= 11 is 1.51. The van der Waals surface area contributed by atoms with Crippen LogP contribution in [0.4, 0.5) is 5.13 Å². The molecule has 0 bridgehead atoms. The van der Waals surface area contributed by atoms with Crippen molar-refractivity contribution in [1.29, 1.82) is 0 Å². The van der Waals surface area contributed by atoms with Crippen molar-refractivity contribution < 1.29 is 5.11 Å². The normalized spacial score (nSPS) is 15.0. The molecular weight excluding hydrogens is 258 g/mol. The Hall–Kier alpha value is -1.88. The Morgan fingerprint density at radius 2 is 2.32 bits per heavy atom. The van der Waals surface area contributed by atoms with Gasteiger partial charge in [0.25, 0.3) is 0 Å². The SMILES string of the molecule is Cc1csc(NN=Cc2ccc(C3CC3)cc2O)n1. The maximum absolute atomic E-state index is 9.94. The Balaban J connectivity index is 1.68.